The van der Waals surface area contributed by atoms with Gasteiger partial charge in [-0.2, -0.15) is 0 Å². The number of allylic oxidation sites excluding steroid dienone is 1. The first kappa shape index (κ1) is 8.18. The van der Waals surface area contributed by atoms with E-state index in [-0.39, 0.29) is 11.8 Å². The van der Waals surface area contributed by atoms with Gasteiger partial charge in [0, 0.05) is 5.71 Å². The van der Waals surface area contributed by atoms with E-state index in [0.717, 1.165) is 16.9 Å². The second kappa shape index (κ2) is 2.61. The molecule has 1 unspecified atom stereocenters. The molecule has 0 N–H and O–H groups in total. The fraction of sp³-hybridized carbons (Fsp3) is 0.556. The first-order chi connectivity index (χ1) is 5.04. The van der Waals surface area contributed by atoms with Crippen LogP contribution in [-0.4, -0.2) is 11.6 Å². The van der Waals surface area contributed by atoms with Gasteiger partial charge >= 0.3 is 0 Å². The van der Waals surface area contributed by atoms with Gasteiger partial charge in [0.1, 0.15) is 0 Å². The Balaban J connectivity index is 3.12. The molecule has 0 fully saturated rings. The zero-order valence-electron chi connectivity index (χ0n) is 7.43. The van der Waals surface area contributed by atoms with Gasteiger partial charge in [-0.1, -0.05) is 5.57 Å². The molecule has 60 valence electrons. The van der Waals surface area contributed by atoms with Gasteiger partial charge < -0.3 is 0 Å². The van der Waals surface area contributed by atoms with Gasteiger partial charge in [0.2, 0.25) is 0 Å². The topological polar surface area (TPSA) is 29.4 Å². The SMILES string of the molecule is CC1=NC(=O)C(C)C(C)=C1C. The van der Waals surface area contributed by atoms with Crippen molar-refractivity contribution >= 4 is 11.6 Å². The first-order valence-corrected chi connectivity index (χ1v) is 3.81. The van der Waals surface area contributed by atoms with Crippen LogP contribution < -0.4 is 0 Å². The van der Waals surface area contributed by atoms with E-state index in [0.29, 0.717) is 0 Å². The van der Waals surface area contributed by atoms with Crippen LogP contribution in [0.4, 0.5) is 0 Å². The van der Waals surface area contributed by atoms with Gasteiger partial charge in [-0.05, 0) is 33.3 Å². The Morgan fingerprint density at radius 1 is 1.27 bits per heavy atom. The predicted molar refractivity (Wildman–Crippen MR) is 45.7 cm³/mol. The number of nitrogens with zero attached hydrogens (tertiary/aromatic N) is 1. The molecule has 0 spiro atoms. The van der Waals surface area contributed by atoms with E-state index in [1.807, 2.05) is 27.7 Å². The average molecular weight is 151 g/mol. The lowest BCUT2D eigenvalue weighted by Gasteiger charge is -2.17. The van der Waals surface area contributed by atoms with Crippen LogP contribution in [0.25, 0.3) is 0 Å². The van der Waals surface area contributed by atoms with Crippen molar-refractivity contribution in [2.45, 2.75) is 27.7 Å². The van der Waals surface area contributed by atoms with Crippen molar-refractivity contribution in [3.8, 4) is 0 Å². The predicted octanol–water partition coefficient (Wildman–Crippen LogP) is 1.96. The zero-order chi connectivity index (χ0) is 8.59. The number of carbonyl (C=O) groups excluding carboxylic acids is 1. The molecule has 2 heteroatoms. The molecule has 1 heterocycles. The molecule has 0 aliphatic carbocycles. The minimum Gasteiger partial charge on any atom is -0.272 e. The molecule has 1 aliphatic rings. The van der Waals surface area contributed by atoms with Crippen LogP contribution >= 0.6 is 0 Å². The molecule has 11 heavy (non-hydrogen) atoms. The van der Waals surface area contributed by atoms with Crippen molar-refractivity contribution in [1.82, 2.24) is 0 Å². The lowest BCUT2D eigenvalue weighted by Crippen LogP contribution is -2.19. The van der Waals surface area contributed by atoms with E-state index >= 15 is 0 Å². The molecule has 1 aliphatic heterocycles. The van der Waals surface area contributed by atoms with Gasteiger partial charge in [0.15, 0.2) is 0 Å². The third kappa shape index (κ3) is 1.25. The maximum Gasteiger partial charge on any atom is 0.252 e. The molecular weight excluding hydrogens is 138 g/mol. The molecular formula is C9H13NO. The highest BCUT2D eigenvalue weighted by molar-refractivity contribution is 6.08. The van der Waals surface area contributed by atoms with E-state index in [9.17, 15) is 4.79 Å². The highest BCUT2D eigenvalue weighted by Gasteiger charge is 2.21. The monoisotopic (exact) mass is 151 g/mol. The van der Waals surface area contributed by atoms with Crippen LogP contribution in [0.3, 0.4) is 0 Å². The Bertz CT molecular complexity index is 261. The Hall–Kier alpha value is -0.920. The molecule has 1 rings (SSSR count). The summed E-state index contributed by atoms with van der Waals surface area (Å²) in [7, 11) is 0. The summed E-state index contributed by atoms with van der Waals surface area (Å²) >= 11 is 0. The van der Waals surface area contributed by atoms with E-state index in [4.69, 9.17) is 0 Å². The number of carbonyl (C=O) groups is 1. The van der Waals surface area contributed by atoms with Crippen LogP contribution in [0.2, 0.25) is 0 Å². The van der Waals surface area contributed by atoms with Crippen molar-refractivity contribution in [1.29, 1.82) is 0 Å². The summed E-state index contributed by atoms with van der Waals surface area (Å²) in [5.41, 5.74) is 3.19. The minimum atomic E-state index is -0.0151. The van der Waals surface area contributed by atoms with Crippen LogP contribution in [0.5, 0.6) is 0 Å². The smallest absolute Gasteiger partial charge is 0.252 e. The van der Waals surface area contributed by atoms with Crippen molar-refractivity contribution in [3.05, 3.63) is 11.1 Å². The number of dihydropyridines is 1. The van der Waals surface area contributed by atoms with Gasteiger partial charge in [0.25, 0.3) is 5.91 Å². The second-order valence-electron chi connectivity index (χ2n) is 3.07. The molecule has 1 amide bonds. The second-order valence-corrected chi connectivity index (χ2v) is 3.07. The Morgan fingerprint density at radius 2 is 1.82 bits per heavy atom. The summed E-state index contributed by atoms with van der Waals surface area (Å²) in [6, 6.07) is 0. The molecule has 0 saturated carbocycles. The largest absolute Gasteiger partial charge is 0.272 e. The summed E-state index contributed by atoms with van der Waals surface area (Å²) in [4.78, 5) is 15.1. The molecule has 0 bridgehead atoms. The van der Waals surface area contributed by atoms with Crippen LogP contribution in [-0.2, 0) is 4.79 Å². The molecule has 0 saturated heterocycles. The van der Waals surface area contributed by atoms with Crippen LogP contribution in [0, 0.1) is 5.92 Å². The Morgan fingerprint density at radius 3 is 2.36 bits per heavy atom. The molecule has 0 radical (unpaired) electrons. The van der Waals surface area contributed by atoms with Crippen molar-refractivity contribution in [3.63, 3.8) is 0 Å². The molecule has 0 aromatic carbocycles. The summed E-state index contributed by atoms with van der Waals surface area (Å²) in [6.45, 7) is 7.78. The normalized spacial score (nSPS) is 25.6. The highest BCUT2D eigenvalue weighted by Crippen LogP contribution is 2.21. The molecule has 2 nitrogen and oxygen atoms in total. The maximum atomic E-state index is 11.1. The lowest BCUT2D eigenvalue weighted by molar-refractivity contribution is -0.120. The first-order valence-electron chi connectivity index (χ1n) is 3.81. The highest BCUT2D eigenvalue weighted by atomic mass is 16.1. The van der Waals surface area contributed by atoms with E-state index in [2.05, 4.69) is 4.99 Å². The van der Waals surface area contributed by atoms with Gasteiger partial charge in [-0.15, -0.1) is 0 Å². The van der Waals surface area contributed by atoms with Crippen molar-refractivity contribution in [2.75, 3.05) is 0 Å². The van der Waals surface area contributed by atoms with Crippen LogP contribution in [0.15, 0.2) is 16.1 Å². The van der Waals surface area contributed by atoms with Gasteiger partial charge in [0.05, 0.1) is 5.92 Å². The number of rotatable bonds is 0. The maximum absolute atomic E-state index is 11.1. The van der Waals surface area contributed by atoms with E-state index < -0.39 is 0 Å². The number of hydrogen-bond donors (Lipinski definition) is 0. The fourth-order valence-electron chi connectivity index (χ4n) is 1.14. The third-order valence-electron chi connectivity index (χ3n) is 2.43. The summed E-state index contributed by atoms with van der Waals surface area (Å²) in [5, 5.41) is 0. The van der Waals surface area contributed by atoms with E-state index in [1.54, 1.807) is 0 Å². The average Bonchev–Trinajstić information content (AvgIpc) is 1.97. The number of aliphatic imine (C=N–C) groups is 1. The van der Waals surface area contributed by atoms with Crippen molar-refractivity contribution in [2.24, 2.45) is 10.9 Å². The molecule has 0 aromatic heterocycles. The quantitative estimate of drug-likeness (QED) is 0.520. The van der Waals surface area contributed by atoms with E-state index in [1.165, 1.54) is 0 Å². The molecule has 0 aromatic rings. The zero-order valence-corrected chi connectivity index (χ0v) is 7.43. The van der Waals surface area contributed by atoms with Gasteiger partial charge in [-0.25, -0.2) is 4.99 Å². The fourth-order valence-corrected chi connectivity index (χ4v) is 1.14. The lowest BCUT2D eigenvalue weighted by atomic mass is 9.92. The number of hydrogen-bond acceptors (Lipinski definition) is 1. The standard InChI is InChI=1S/C9H13NO/c1-5-6(2)8(4)10-9(11)7(5)3/h7H,1-4H3. The van der Waals surface area contributed by atoms with Crippen LogP contribution in [0.1, 0.15) is 27.7 Å². The minimum absolute atomic E-state index is 0.00870. The summed E-state index contributed by atoms with van der Waals surface area (Å²) in [5.74, 6) is -0.0238. The summed E-state index contributed by atoms with van der Waals surface area (Å²) < 4.78 is 0. The van der Waals surface area contributed by atoms with Crippen molar-refractivity contribution < 1.29 is 4.79 Å². The summed E-state index contributed by atoms with van der Waals surface area (Å²) in [6.07, 6.45) is 0. The van der Waals surface area contributed by atoms with Gasteiger partial charge in [-0.3, -0.25) is 4.79 Å². The number of amides is 1. The third-order valence-corrected chi connectivity index (χ3v) is 2.43. The Labute approximate surface area is 67.0 Å². The molecule has 1 atom stereocenters. The Kier molecular flexibility index (Phi) is 1.94.